The predicted molar refractivity (Wildman–Crippen MR) is 137 cm³/mol. The Kier molecular flexibility index (Phi) is 12.0. The van der Waals surface area contributed by atoms with Gasteiger partial charge in [0.15, 0.2) is 5.96 Å². The van der Waals surface area contributed by atoms with E-state index in [1.165, 1.54) is 4.88 Å². The second-order valence-electron chi connectivity index (χ2n) is 8.14. The van der Waals surface area contributed by atoms with Crippen LogP contribution in [0.15, 0.2) is 22.5 Å². The van der Waals surface area contributed by atoms with Crippen molar-refractivity contribution in [3.63, 3.8) is 0 Å². The van der Waals surface area contributed by atoms with E-state index in [9.17, 15) is 5.11 Å². The number of halogens is 1. The van der Waals surface area contributed by atoms with Crippen molar-refractivity contribution < 1.29 is 14.6 Å². The summed E-state index contributed by atoms with van der Waals surface area (Å²) in [5, 5.41) is 19.8. The maximum absolute atomic E-state index is 10.8. The van der Waals surface area contributed by atoms with E-state index < -0.39 is 5.60 Å². The van der Waals surface area contributed by atoms with Gasteiger partial charge in [0.2, 0.25) is 0 Å². The Balaban J connectivity index is 0.00000341. The van der Waals surface area contributed by atoms with Gasteiger partial charge in [-0.05, 0) is 25.3 Å². The summed E-state index contributed by atoms with van der Waals surface area (Å²) in [6, 6.07) is 4.59. The van der Waals surface area contributed by atoms with E-state index in [0.717, 1.165) is 71.7 Å². The van der Waals surface area contributed by atoms with Crippen molar-refractivity contribution in [2.24, 2.45) is 4.99 Å². The van der Waals surface area contributed by atoms with E-state index in [-0.39, 0.29) is 30.0 Å². The Labute approximate surface area is 207 Å². The van der Waals surface area contributed by atoms with Crippen LogP contribution in [0.5, 0.6) is 0 Å². The van der Waals surface area contributed by atoms with Crippen LogP contribution in [-0.2, 0) is 9.47 Å². The lowest BCUT2D eigenvalue weighted by atomic mass is 10.1. The highest BCUT2D eigenvalue weighted by atomic mass is 127. The molecule has 0 spiro atoms. The number of aliphatic hydroxyl groups is 1. The molecule has 2 aliphatic heterocycles. The van der Waals surface area contributed by atoms with Crippen molar-refractivity contribution >= 4 is 41.3 Å². The zero-order valence-electron chi connectivity index (χ0n) is 18.7. The number of morpholine rings is 2. The first kappa shape index (κ1) is 26.7. The van der Waals surface area contributed by atoms with Gasteiger partial charge in [-0.2, -0.15) is 0 Å². The zero-order valence-corrected chi connectivity index (χ0v) is 21.9. The van der Waals surface area contributed by atoms with Gasteiger partial charge < -0.3 is 25.2 Å². The largest absolute Gasteiger partial charge is 0.387 e. The van der Waals surface area contributed by atoms with Crippen LogP contribution >= 0.6 is 35.3 Å². The molecule has 8 nitrogen and oxygen atoms in total. The maximum atomic E-state index is 10.8. The third-order valence-electron chi connectivity index (χ3n) is 5.41. The van der Waals surface area contributed by atoms with E-state index in [4.69, 9.17) is 14.5 Å². The van der Waals surface area contributed by atoms with Gasteiger partial charge in [-0.15, -0.1) is 35.3 Å². The van der Waals surface area contributed by atoms with E-state index in [1.807, 2.05) is 6.92 Å². The molecule has 0 radical (unpaired) electrons. The third-order valence-corrected chi connectivity index (χ3v) is 6.38. The zero-order chi connectivity index (χ0) is 21.2. The standard InChI is InChI=1S/C21H37N5O3S.HI/c1-3-22-20(24-16-21(2,27)17-25-6-10-28-11-7-25)23-15-18(19-5-4-14-30-19)26-8-12-29-13-9-26;/h4-5,14,18,27H,3,6-13,15-17H2,1-2H3,(H2,22,23,24);1H. The summed E-state index contributed by atoms with van der Waals surface area (Å²) in [5.74, 6) is 0.745. The molecule has 3 rings (SSSR count). The van der Waals surface area contributed by atoms with Crippen LogP contribution in [-0.4, -0.2) is 105 Å². The highest BCUT2D eigenvalue weighted by Gasteiger charge is 2.26. The fourth-order valence-electron chi connectivity index (χ4n) is 3.86. The molecule has 0 amide bonds. The molecule has 3 heterocycles. The summed E-state index contributed by atoms with van der Waals surface area (Å²) < 4.78 is 10.9. The van der Waals surface area contributed by atoms with E-state index in [0.29, 0.717) is 13.1 Å². The SMILES string of the molecule is CCNC(=NCC(C)(O)CN1CCOCC1)NCC(c1cccs1)N1CCOCC1.I. The molecule has 2 saturated heterocycles. The summed E-state index contributed by atoms with van der Waals surface area (Å²) in [5.41, 5.74) is -0.878. The molecule has 178 valence electrons. The number of β-amino-alcohol motifs (C(OH)–C–C–N with tert-alkyl or cyclic N) is 1. The number of aliphatic imine (C=N–C) groups is 1. The monoisotopic (exact) mass is 567 g/mol. The summed E-state index contributed by atoms with van der Waals surface area (Å²) in [6.07, 6.45) is 0. The second-order valence-corrected chi connectivity index (χ2v) is 9.12. The van der Waals surface area contributed by atoms with Gasteiger partial charge in [0, 0.05) is 50.7 Å². The Morgan fingerprint density at radius 2 is 1.87 bits per heavy atom. The lowest BCUT2D eigenvalue weighted by Crippen LogP contribution is -2.49. The highest BCUT2D eigenvalue weighted by molar-refractivity contribution is 14.0. The van der Waals surface area contributed by atoms with E-state index in [2.05, 4.69) is 44.9 Å². The normalized spacial score (nSPS) is 21.7. The number of nitrogens with one attached hydrogen (secondary N) is 2. The quantitative estimate of drug-likeness (QED) is 0.237. The van der Waals surface area contributed by atoms with Crippen LogP contribution in [0.3, 0.4) is 0 Å². The molecule has 10 heteroatoms. The van der Waals surface area contributed by atoms with Crippen molar-refractivity contribution in [3.8, 4) is 0 Å². The van der Waals surface area contributed by atoms with Crippen molar-refractivity contribution in [1.82, 2.24) is 20.4 Å². The average molecular weight is 568 g/mol. The number of rotatable bonds is 9. The average Bonchev–Trinajstić information content (AvgIpc) is 3.28. The molecular weight excluding hydrogens is 529 g/mol. The Bertz CT molecular complexity index is 635. The van der Waals surface area contributed by atoms with Crippen LogP contribution in [0.25, 0.3) is 0 Å². The fourth-order valence-corrected chi connectivity index (χ4v) is 4.72. The molecule has 2 atom stereocenters. The van der Waals surface area contributed by atoms with E-state index in [1.54, 1.807) is 11.3 Å². The van der Waals surface area contributed by atoms with Gasteiger partial charge in [0.25, 0.3) is 0 Å². The van der Waals surface area contributed by atoms with Crippen molar-refractivity contribution in [1.29, 1.82) is 0 Å². The molecule has 0 aliphatic carbocycles. The molecule has 2 aliphatic rings. The molecule has 31 heavy (non-hydrogen) atoms. The Morgan fingerprint density at radius 1 is 1.19 bits per heavy atom. The number of hydrogen-bond donors (Lipinski definition) is 3. The van der Waals surface area contributed by atoms with Gasteiger partial charge in [-0.3, -0.25) is 14.8 Å². The highest BCUT2D eigenvalue weighted by Crippen LogP contribution is 2.25. The molecule has 1 aromatic rings. The van der Waals surface area contributed by atoms with Gasteiger partial charge >= 0.3 is 0 Å². The molecule has 0 aromatic carbocycles. The molecule has 2 fully saturated rings. The molecule has 1 aromatic heterocycles. The van der Waals surface area contributed by atoms with Crippen molar-refractivity contribution in [2.45, 2.75) is 25.5 Å². The maximum Gasteiger partial charge on any atom is 0.191 e. The summed E-state index contributed by atoms with van der Waals surface area (Å²) >= 11 is 1.79. The van der Waals surface area contributed by atoms with Crippen LogP contribution in [0.4, 0.5) is 0 Å². The first-order valence-electron chi connectivity index (χ1n) is 11.0. The first-order chi connectivity index (χ1) is 14.6. The fraction of sp³-hybridized carbons (Fsp3) is 0.762. The van der Waals surface area contributed by atoms with Gasteiger partial charge in [0.1, 0.15) is 0 Å². The second kappa shape index (κ2) is 13.9. The molecule has 0 bridgehead atoms. The Hall–Kier alpha value is -0.500. The van der Waals surface area contributed by atoms with Crippen LogP contribution in [0, 0.1) is 0 Å². The number of hydrogen-bond acceptors (Lipinski definition) is 7. The first-order valence-corrected chi connectivity index (χ1v) is 11.9. The third kappa shape index (κ3) is 9.10. The molecule has 0 saturated carbocycles. The predicted octanol–water partition coefficient (Wildman–Crippen LogP) is 1.38. The number of nitrogens with zero attached hydrogens (tertiary/aromatic N) is 3. The van der Waals surface area contributed by atoms with Gasteiger partial charge in [-0.25, -0.2) is 0 Å². The number of guanidine groups is 1. The minimum Gasteiger partial charge on any atom is -0.387 e. The lowest BCUT2D eigenvalue weighted by Gasteiger charge is -2.34. The number of thiophene rings is 1. The summed E-state index contributed by atoms with van der Waals surface area (Å²) in [4.78, 5) is 10.8. The Morgan fingerprint density at radius 3 is 2.48 bits per heavy atom. The molecular formula is C21H38IN5O3S. The smallest absolute Gasteiger partial charge is 0.191 e. The van der Waals surface area contributed by atoms with Crippen LogP contribution in [0.2, 0.25) is 0 Å². The number of ether oxygens (including phenoxy) is 2. The topological polar surface area (TPSA) is 81.6 Å². The van der Waals surface area contributed by atoms with E-state index >= 15 is 0 Å². The van der Waals surface area contributed by atoms with Crippen molar-refractivity contribution in [2.75, 3.05) is 78.8 Å². The van der Waals surface area contributed by atoms with Gasteiger partial charge in [0.05, 0.1) is 44.6 Å². The lowest BCUT2D eigenvalue weighted by molar-refractivity contribution is -0.0180. The molecule has 2 unspecified atom stereocenters. The summed E-state index contributed by atoms with van der Waals surface area (Å²) in [6.45, 7) is 13.0. The van der Waals surface area contributed by atoms with Crippen molar-refractivity contribution in [3.05, 3.63) is 22.4 Å². The van der Waals surface area contributed by atoms with Crippen LogP contribution < -0.4 is 10.6 Å². The van der Waals surface area contributed by atoms with Gasteiger partial charge in [-0.1, -0.05) is 6.07 Å². The molecule has 3 N–H and O–H groups in total. The minimum absolute atomic E-state index is 0. The van der Waals surface area contributed by atoms with Crippen LogP contribution in [0.1, 0.15) is 24.8 Å². The minimum atomic E-state index is -0.878. The summed E-state index contributed by atoms with van der Waals surface area (Å²) in [7, 11) is 0.